The average molecular weight is 1140 g/mol. The van der Waals surface area contributed by atoms with Crippen LogP contribution in [0.25, 0.3) is 32.3 Å². The highest BCUT2D eigenvalue weighted by Gasteiger charge is 2.27. The molecule has 0 radical (unpaired) electrons. The first-order valence-corrected chi connectivity index (χ1v) is 26.2. The Kier molecular flexibility index (Phi) is 20.2. The number of nitrogens with one attached hydrogen (secondary N) is 1. The molecule has 0 aliphatic rings. The highest BCUT2D eigenvalue weighted by molar-refractivity contribution is 5.90. The molecule has 0 aliphatic carbocycles. The predicted octanol–water partition coefficient (Wildman–Crippen LogP) is 11.1. The fourth-order valence-electron chi connectivity index (χ4n) is 8.78. The van der Waals surface area contributed by atoms with Crippen LogP contribution in [0.1, 0.15) is 171 Å². The van der Waals surface area contributed by atoms with E-state index >= 15 is 0 Å². The number of nitrogens with two attached hydrogens (primary N) is 3. The van der Waals surface area contributed by atoms with E-state index in [1.165, 1.54) is 41.5 Å². The van der Waals surface area contributed by atoms with Crippen molar-refractivity contribution in [2.24, 2.45) is 17.2 Å². The van der Waals surface area contributed by atoms with Crippen LogP contribution in [0.4, 0.5) is 13.2 Å². The minimum atomic E-state index is -1.61. The molecule has 9 heterocycles. The SMILES string of the molecule is C.CC(C)(N)c1c[nH]c(=O)c2cnc(Cc3ccnc(C(C)(C)F)n3)cc12.CCc1ncc(C(C)(C)N)c2cc(Cc3ccnc(C(C)(C)F)n3)ncc12.COc1ncc(C(C)(C)N)c2cc(Cc3ccnc(C(C)(C)F)n3)ncc12.Cl. The Hall–Kier alpha value is -7.52. The van der Waals surface area contributed by atoms with Crippen LogP contribution in [0.2, 0.25) is 0 Å². The molecule has 0 aliphatic heterocycles. The maximum absolute atomic E-state index is 14.2. The third-order valence-electron chi connectivity index (χ3n) is 13.0. The summed E-state index contributed by atoms with van der Waals surface area (Å²) in [6.07, 6.45) is 17.2. The number of ether oxygens (including phenoxy) is 1. The molecule has 82 heavy (non-hydrogen) atoms. The van der Waals surface area contributed by atoms with E-state index in [1.54, 1.807) is 68.7 Å². The number of alkyl halides is 3. The zero-order chi connectivity index (χ0) is 58.8. The molecule has 0 fully saturated rings. The maximum Gasteiger partial charge on any atom is 0.257 e. The second-order valence-corrected chi connectivity index (χ2v) is 23.1. The Morgan fingerprint density at radius 3 is 1.20 bits per heavy atom. The van der Waals surface area contributed by atoms with E-state index in [4.69, 9.17) is 21.9 Å². The van der Waals surface area contributed by atoms with Crippen molar-refractivity contribution in [2.45, 2.75) is 157 Å². The molecular formula is C61H77ClF3N15O2. The molecule has 0 saturated carbocycles. The van der Waals surface area contributed by atoms with E-state index < -0.39 is 33.6 Å². The number of fused-ring (bicyclic) bond motifs is 3. The maximum atomic E-state index is 14.2. The second kappa shape index (κ2) is 25.3. The Labute approximate surface area is 483 Å². The highest BCUT2D eigenvalue weighted by atomic mass is 35.5. The van der Waals surface area contributed by atoms with Crippen molar-refractivity contribution in [2.75, 3.05) is 7.11 Å². The van der Waals surface area contributed by atoms with Gasteiger partial charge in [0.05, 0.1) is 35.0 Å². The molecule has 0 atom stereocenters. The first-order valence-electron chi connectivity index (χ1n) is 26.2. The first-order chi connectivity index (χ1) is 37.2. The van der Waals surface area contributed by atoms with Gasteiger partial charge in [0.2, 0.25) is 5.88 Å². The number of methoxy groups -OCH3 is 1. The van der Waals surface area contributed by atoms with E-state index in [9.17, 15) is 18.0 Å². The lowest BCUT2D eigenvalue weighted by Crippen LogP contribution is -2.30. The van der Waals surface area contributed by atoms with E-state index in [2.05, 4.69) is 66.7 Å². The van der Waals surface area contributed by atoms with Gasteiger partial charge in [-0.1, -0.05) is 14.4 Å². The molecule has 21 heteroatoms. The smallest absolute Gasteiger partial charge is 0.257 e. The molecule has 0 aromatic carbocycles. The van der Waals surface area contributed by atoms with Crippen LogP contribution in [0.15, 0.2) is 97.0 Å². The molecule has 0 unspecified atom stereocenters. The van der Waals surface area contributed by atoms with Gasteiger partial charge in [-0.3, -0.25) is 24.7 Å². The molecule has 0 amide bonds. The summed E-state index contributed by atoms with van der Waals surface area (Å²) in [5.74, 6) is 0.981. The molecule has 9 rings (SSSR count). The van der Waals surface area contributed by atoms with Crippen LogP contribution in [-0.4, -0.2) is 66.9 Å². The molecular weight excluding hydrogens is 1070 g/mol. The van der Waals surface area contributed by atoms with Gasteiger partial charge in [0, 0.05) is 120 Å². The van der Waals surface area contributed by atoms with Crippen molar-refractivity contribution in [1.82, 2.24) is 59.8 Å². The first kappa shape index (κ1) is 65.3. The molecule has 436 valence electrons. The van der Waals surface area contributed by atoms with Gasteiger partial charge in [0.15, 0.2) is 34.5 Å². The molecule has 0 saturated heterocycles. The van der Waals surface area contributed by atoms with Crippen LogP contribution in [0.3, 0.4) is 0 Å². The van der Waals surface area contributed by atoms with Gasteiger partial charge < -0.3 is 26.9 Å². The number of rotatable bonds is 14. The molecule has 9 aromatic rings. The number of hydrogen-bond donors (Lipinski definition) is 4. The van der Waals surface area contributed by atoms with Crippen LogP contribution in [0, 0.1) is 0 Å². The summed E-state index contributed by atoms with van der Waals surface area (Å²) in [7, 11) is 1.57. The van der Waals surface area contributed by atoms with Gasteiger partial charge in [-0.2, -0.15) is 0 Å². The summed E-state index contributed by atoms with van der Waals surface area (Å²) in [5.41, 5.74) is 20.4. The highest BCUT2D eigenvalue weighted by Crippen LogP contribution is 2.33. The number of aromatic nitrogens is 12. The Morgan fingerprint density at radius 1 is 0.476 bits per heavy atom. The summed E-state index contributed by atoms with van der Waals surface area (Å²) in [6, 6.07) is 11.1. The lowest BCUT2D eigenvalue weighted by molar-refractivity contribution is 0.205. The summed E-state index contributed by atoms with van der Waals surface area (Å²) < 4.78 is 47.7. The number of nitrogens with zero attached hydrogens (tertiary/aromatic N) is 11. The zero-order valence-electron chi connectivity index (χ0n) is 48.5. The van der Waals surface area contributed by atoms with Crippen molar-refractivity contribution in [3.05, 3.63) is 177 Å². The lowest BCUT2D eigenvalue weighted by Gasteiger charge is -2.22. The Bertz CT molecular complexity index is 3580. The van der Waals surface area contributed by atoms with Gasteiger partial charge >= 0.3 is 0 Å². The van der Waals surface area contributed by atoms with E-state index in [1.807, 2.05) is 72.1 Å². The number of H-pyrrole nitrogens is 1. The molecule has 9 aromatic heterocycles. The van der Waals surface area contributed by atoms with Crippen LogP contribution < -0.4 is 27.5 Å². The summed E-state index contributed by atoms with van der Waals surface area (Å²) in [6.45, 7) is 22.2. The monoisotopic (exact) mass is 1140 g/mol. The minimum Gasteiger partial charge on any atom is -0.481 e. The largest absolute Gasteiger partial charge is 0.481 e. The van der Waals surface area contributed by atoms with E-state index in [0.717, 1.165) is 78.5 Å². The molecule has 7 N–H and O–H groups in total. The van der Waals surface area contributed by atoms with Gasteiger partial charge in [0.25, 0.3) is 5.56 Å². The summed E-state index contributed by atoms with van der Waals surface area (Å²) >= 11 is 0. The quantitative estimate of drug-likeness (QED) is 0.0789. The van der Waals surface area contributed by atoms with Crippen LogP contribution in [-0.2, 0) is 59.3 Å². The van der Waals surface area contributed by atoms with Crippen LogP contribution in [0.5, 0.6) is 5.88 Å². The van der Waals surface area contributed by atoms with Crippen molar-refractivity contribution < 1.29 is 17.9 Å². The van der Waals surface area contributed by atoms with Gasteiger partial charge in [-0.05, 0) is 159 Å². The summed E-state index contributed by atoms with van der Waals surface area (Å²) in [5, 5.41) is 5.04. The third kappa shape index (κ3) is 15.9. The lowest BCUT2D eigenvalue weighted by atomic mass is 9.91. The second-order valence-electron chi connectivity index (χ2n) is 23.1. The molecule has 0 spiro atoms. The van der Waals surface area contributed by atoms with E-state index in [0.29, 0.717) is 41.9 Å². The molecule has 17 nitrogen and oxygen atoms in total. The minimum absolute atomic E-state index is 0. The number of pyridine rings is 6. The standard InChI is InChI=1S/C21H26FN5.C20H24FN5O.C19H22FN5O.CH4.ClH/c1-6-18-16-11-25-14(10-15(16)17(12-26-18)21(4,5)23)9-13-7-8-24-19(27-13)20(2,3)22;1-19(2,21)18-23-7-6-12(26-18)8-13-9-14-15(10-24-13)17(27-5)25-11-16(14)20(3,4)22;1-18(2,20)17-22-6-5-11(25-17)7-12-8-13-14(9-23-12)16(26)24-10-15(13)19(3,4)21;;/h7-8,10-12H,6,9,23H2,1-5H3;6-7,9-11H,8,22H2,1-5H3;5-6,8-10H,7,21H2,1-4H3,(H,24,26);1H4;1H. The van der Waals surface area contributed by atoms with E-state index in [-0.39, 0.29) is 42.9 Å². The predicted molar refractivity (Wildman–Crippen MR) is 320 cm³/mol. The number of hydrogen-bond acceptors (Lipinski definition) is 16. The number of aryl methyl sites for hydroxylation is 1. The summed E-state index contributed by atoms with van der Waals surface area (Å²) in [4.78, 5) is 62.2. The molecule has 0 bridgehead atoms. The zero-order valence-corrected chi connectivity index (χ0v) is 49.3. The third-order valence-corrected chi connectivity index (χ3v) is 13.0. The topological polar surface area (TPSA) is 262 Å². The Morgan fingerprint density at radius 2 is 0.829 bits per heavy atom. The van der Waals surface area contributed by atoms with Gasteiger partial charge in [-0.15, -0.1) is 12.4 Å². The van der Waals surface area contributed by atoms with Gasteiger partial charge in [0.1, 0.15) is 0 Å². The normalized spacial score (nSPS) is 12.2. The van der Waals surface area contributed by atoms with Crippen molar-refractivity contribution in [3.63, 3.8) is 0 Å². The number of halogens is 4. The fraction of sp³-hybridized carbons (Fsp3) is 0.410. The Balaban J connectivity index is 0.000000223. The van der Waals surface area contributed by atoms with Crippen molar-refractivity contribution in [1.29, 1.82) is 0 Å². The fourth-order valence-corrected chi connectivity index (χ4v) is 8.78. The van der Waals surface area contributed by atoms with Gasteiger partial charge in [-0.25, -0.2) is 48.1 Å². The number of aromatic amines is 1. The van der Waals surface area contributed by atoms with Crippen molar-refractivity contribution in [3.8, 4) is 5.88 Å². The van der Waals surface area contributed by atoms with Crippen molar-refractivity contribution >= 4 is 44.7 Å². The average Bonchev–Trinajstić information content (AvgIpc) is 3.59. The van der Waals surface area contributed by atoms with Crippen LogP contribution >= 0.6 is 12.4 Å².